The van der Waals surface area contributed by atoms with Gasteiger partial charge in [0, 0.05) is 43.2 Å². The Kier molecular flexibility index (Phi) is 3.71. The van der Waals surface area contributed by atoms with Crippen molar-refractivity contribution in [3.05, 3.63) is 53.3 Å². The van der Waals surface area contributed by atoms with Gasteiger partial charge in [0.1, 0.15) is 6.10 Å². The van der Waals surface area contributed by atoms with E-state index in [1.165, 1.54) is 5.56 Å². The van der Waals surface area contributed by atoms with E-state index in [0.29, 0.717) is 12.4 Å². The molecule has 2 aliphatic rings. The Morgan fingerprint density at radius 2 is 2.08 bits per heavy atom. The van der Waals surface area contributed by atoms with Crippen LogP contribution in [0.2, 0.25) is 0 Å². The van der Waals surface area contributed by atoms with Crippen molar-refractivity contribution in [2.45, 2.75) is 25.5 Å². The van der Waals surface area contributed by atoms with Crippen molar-refractivity contribution >= 4 is 16.6 Å². The van der Waals surface area contributed by atoms with Crippen LogP contribution in [0, 0.1) is 0 Å². The zero-order chi connectivity index (χ0) is 17.5. The zero-order valence-corrected chi connectivity index (χ0v) is 14.7. The van der Waals surface area contributed by atoms with Crippen LogP contribution in [-0.2, 0) is 18.3 Å². The Balaban J connectivity index is 1.53. The minimum atomic E-state index is 0.158. The van der Waals surface area contributed by atoms with Crippen molar-refractivity contribution in [2.75, 3.05) is 13.2 Å². The summed E-state index contributed by atoms with van der Waals surface area (Å²) in [5.41, 5.74) is 5.22. The highest BCUT2D eigenvalue weighted by Gasteiger charge is 2.26. The number of benzene rings is 1. The second kappa shape index (κ2) is 6.21. The van der Waals surface area contributed by atoms with Crippen molar-refractivity contribution in [3.63, 3.8) is 0 Å². The number of fused-ring (bicyclic) bond motifs is 2. The molecular formula is C20H20N4O2. The first-order chi connectivity index (χ1) is 12.8. The molecule has 5 rings (SSSR count). The smallest absolute Gasteiger partial charge is 0.223 e. The van der Waals surface area contributed by atoms with Crippen molar-refractivity contribution in [3.8, 4) is 5.88 Å². The number of aliphatic imine (C=N–C) groups is 1. The number of hydrogen-bond donors (Lipinski definition) is 0. The molecule has 6 nitrogen and oxygen atoms in total. The maximum absolute atomic E-state index is 6.25. The molecule has 1 saturated heterocycles. The van der Waals surface area contributed by atoms with Crippen LogP contribution in [-0.4, -0.2) is 39.8 Å². The van der Waals surface area contributed by atoms with Crippen molar-refractivity contribution in [1.82, 2.24) is 14.8 Å². The molecule has 0 N–H and O–H groups in total. The van der Waals surface area contributed by atoms with Gasteiger partial charge in [0.2, 0.25) is 5.88 Å². The summed E-state index contributed by atoms with van der Waals surface area (Å²) >= 11 is 0. The van der Waals surface area contributed by atoms with E-state index in [4.69, 9.17) is 14.5 Å². The predicted molar refractivity (Wildman–Crippen MR) is 98.8 cm³/mol. The van der Waals surface area contributed by atoms with Gasteiger partial charge in [-0.05, 0) is 23.8 Å². The quantitative estimate of drug-likeness (QED) is 0.730. The third kappa shape index (κ3) is 2.66. The second-order valence-electron chi connectivity index (χ2n) is 6.82. The van der Waals surface area contributed by atoms with Gasteiger partial charge in [0.15, 0.2) is 0 Å². The minimum absolute atomic E-state index is 0.158. The summed E-state index contributed by atoms with van der Waals surface area (Å²) in [5, 5.41) is 5.56. The topological polar surface area (TPSA) is 61.5 Å². The van der Waals surface area contributed by atoms with Gasteiger partial charge in [-0.2, -0.15) is 5.10 Å². The molecule has 4 heterocycles. The summed E-state index contributed by atoms with van der Waals surface area (Å²) in [7, 11) is 1.94. The van der Waals surface area contributed by atoms with Crippen LogP contribution in [0.15, 0.2) is 41.7 Å². The second-order valence-corrected chi connectivity index (χ2v) is 6.82. The average Bonchev–Trinajstić information content (AvgIpc) is 3.25. The molecule has 3 aromatic rings. The first kappa shape index (κ1) is 15.5. The molecule has 0 spiro atoms. The van der Waals surface area contributed by atoms with Crippen LogP contribution in [0.4, 0.5) is 0 Å². The molecule has 0 atom stereocenters. The van der Waals surface area contributed by atoms with E-state index in [1.54, 1.807) is 0 Å². The van der Waals surface area contributed by atoms with Gasteiger partial charge in [0.05, 0.1) is 36.6 Å². The largest absolute Gasteiger partial charge is 0.474 e. The van der Waals surface area contributed by atoms with Gasteiger partial charge in [-0.25, -0.2) is 4.98 Å². The number of nitrogens with zero attached hydrogens (tertiary/aromatic N) is 4. The lowest BCUT2D eigenvalue weighted by Gasteiger charge is -2.24. The molecule has 26 heavy (non-hydrogen) atoms. The predicted octanol–water partition coefficient (Wildman–Crippen LogP) is 2.88. The fourth-order valence-electron chi connectivity index (χ4n) is 3.68. The molecule has 6 heteroatoms. The van der Waals surface area contributed by atoms with E-state index in [0.717, 1.165) is 53.8 Å². The van der Waals surface area contributed by atoms with E-state index < -0.39 is 0 Å². The van der Waals surface area contributed by atoms with E-state index in [1.807, 2.05) is 36.3 Å². The van der Waals surface area contributed by atoms with E-state index in [2.05, 4.69) is 22.2 Å². The molecule has 1 fully saturated rings. The molecule has 0 bridgehead atoms. The summed E-state index contributed by atoms with van der Waals surface area (Å²) in [4.78, 5) is 9.31. The lowest BCUT2D eigenvalue weighted by molar-refractivity contribution is 0.0236. The highest BCUT2D eigenvalue weighted by atomic mass is 16.5. The third-order valence-electron chi connectivity index (χ3n) is 4.99. The number of rotatable bonds is 3. The number of hydrogen-bond acceptors (Lipinski definition) is 5. The van der Waals surface area contributed by atoms with Gasteiger partial charge in [-0.15, -0.1) is 0 Å². The lowest BCUT2D eigenvalue weighted by atomic mass is 10.0. The van der Waals surface area contributed by atoms with Crippen molar-refractivity contribution in [1.29, 1.82) is 0 Å². The monoisotopic (exact) mass is 348 g/mol. The van der Waals surface area contributed by atoms with Gasteiger partial charge in [0.25, 0.3) is 0 Å². The van der Waals surface area contributed by atoms with Crippen LogP contribution in [0.5, 0.6) is 5.88 Å². The van der Waals surface area contributed by atoms with Crippen LogP contribution in [0.25, 0.3) is 10.9 Å². The Morgan fingerprint density at radius 3 is 2.96 bits per heavy atom. The number of aromatic nitrogens is 3. The Morgan fingerprint density at radius 1 is 1.19 bits per heavy atom. The highest BCUT2D eigenvalue weighted by molar-refractivity contribution is 6.17. The Labute approximate surface area is 151 Å². The maximum atomic E-state index is 6.25. The molecule has 1 aromatic carbocycles. The molecule has 0 amide bonds. The summed E-state index contributed by atoms with van der Waals surface area (Å²) in [6.45, 7) is 2.17. The molecule has 132 valence electrons. The van der Waals surface area contributed by atoms with Gasteiger partial charge in [-0.3, -0.25) is 9.67 Å². The molecule has 0 saturated carbocycles. The van der Waals surface area contributed by atoms with Gasteiger partial charge < -0.3 is 9.47 Å². The minimum Gasteiger partial charge on any atom is -0.474 e. The van der Waals surface area contributed by atoms with Crippen LogP contribution in [0.3, 0.4) is 0 Å². The number of pyridine rings is 1. The number of ether oxygens (including phenoxy) is 2. The normalized spacial score (nSPS) is 17.3. The molecule has 0 aliphatic carbocycles. The van der Waals surface area contributed by atoms with E-state index in [9.17, 15) is 0 Å². The summed E-state index contributed by atoms with van der Waals surface area (Å²) in [5.74, 6) is 0.692. The van der Waals surface area contributed by atoms with Gasteiger partial charge >= 0.3 is 0 Å². The summed E-state index contributed by atoms with van der Waals surface area (Å²) < 4.78 is 13.5. The summed E-state index contributed by atoms with van der Waals surface area (Å²) in [6.07, 6.45) is 5.80. The van der Waals surface area contributed by atoms with Crippen LogP contribution in [0.1, 0.15) is 29.5 Å². The first-order valence-corrected chi connectivity index (χ1v) is 8.99. The fourth-order valence-corrected chi connectivity index (χ4v) is 3.68. The maximum Gasteiger partial charge on any atom is 0.223 e. The third-order valence-corrected chi connectivity index (χ3v) is 4.99. The van der Waals surface area contributed by atoms with E-state index >= 15 is 0 Å². The van der Waals surface area contributed by atoms with Crippen LogP contribution >= 0.6 is 0 Å². The molecule has 2 aliphatic heterocycles. The Bertz CT molecular complexity index is 1000. The fraction of sp³-hybridized carbons (Fsp3) is 0.350. The zero-order valence-electron chi connectivity index (χ0n) is 14.7. The SMILES string of the molecule is Cn1cc2cc(C3=NCc4ccnc(OC5CCOCC5)c43)ccc2n1. The first-order valence-electron chi connectivity index (χ1n) is 8.99. The van der Waals surface area contributed by atoms with Crippen LogP contribution < -0.4 is 4.74 Å². The standard InChI is InChI=1S/C20H20N4O2/c1-24-12-15-10-13(2-3-17(15)23-24)19-18-14(11-22-19)4-7-21-20(18)26-16-5-8-25-9-6-16/h2-4,7,10,12,16H,5-6,8-9,11H2,1H3. The molecule has 2 aromatic heterocycles. The summed E-state index contributed by atoms with van der Waals surface area (Å²) in [6, 6.07) is 8.29. The van der Waals surface area contributed by atoms with Crippen molar-refractivity contribution in [2.24, 2.45) is 12.0 Å². The van der Waals surface area contributed by atoms with Gasteiger partial charge in [-0.1, -0.05) is 6.07 Å². The molecule has 0 unspecified atom stereocenters. The van der Waals surface area contributed by atoms with E-state index in [-0.39, 0.29) is 6.10 Å². The Hall–Kier alpha value is -2.73. The van der Waals surface area contributed by atoms with Crippen molar-refractivity contribution < 1.29 is 9.47 Å². The molecular weight excluding hydrogens is 328 g/mol. The average molecular weight is 348 g/mol. The molecule has 0 radical (unpaired) electrons. The number of aryl methyl sites for hydroxylation is 1. The lowest BCUT2D eigenvalue weighted by Crippen LogP contribution is -2.27. The highest BCUT2D eigenvalue weighted by Crippen LogP contribution is 2.31.